The summed E-state index contributed by atoms with van der Waals surface area (Å²) < 4.78 is 11.3. The van der Waals surface area contributed by atoms with Gasteiger partial charge in [0.15, 0.2) is 5.76 Å². The molecule has 0 spiro atoms. The number of hydrogen-bond acceptors (Lipinski definition) is 7. The molecule has 3 aromatic rings. The third-order valence-corrected chi connectivity index (χ3v) is 3.06. The van der Waals surface area contributed by atoms with Crippen LogP contribution < -0.4 is 5.56 Å². The Balaban J connectivity index is 1.97. The fourth-order valence-corrected chi connectivity index (χ4v) is 2.01. The van der Waals surface area contributed by atoms with Gasteiger partial charge in [0.25, 0.3) is 11.2 Å². The maximum absolute atomic E-state index is 12.1. The number of furan rings is 1. The quantitative estimate of drug-likeness (QED) is 0.531. The van der Waals surface area contributed by atoms with Crippen LogP contribution in [0.25, 0.3) is 11.5 Å². The van der Waals surface area contributed by atoms with E-state index in [0.29, 0.717) is 17.2 Å². The van der Waals surface area contributed by atoms with Gasteiger partial charge in [-0.15, -0.1) is 0 Å². The zero-order valence-corrected chi connectivity index (χ0v) is 11.5. The van der Waals surface area contributed by atoms with E-state index >= 15 is 0 Å². The zero-order valence-electron chi connectivity index (χ0n) is 11.5. The molecule has 9 heteroatoms. The molecule has 0 aromatic carbocycles. The van der Waals surface area contributed by atoms with E-state index in [0.717, 1.165) is 16.8 Å². The maximum atomic E-state index is 12.1. The fraction of sp³-hybridized carbons (Fsp3) is 0.0714. The number of pyridine rings is 1. The van der Waals surface area contributed by atoms with E-state index in [4.69, 9.17) is 14.2 Å². The third kappa shape index (κ3) is 2.73. The van der Waals surface area contributed by atoms with Gasteiger partial charge in [0.2, 0.25) is 5.76 Å². The summed E-state index contributed by atoms with van der Waals surface area (Å²) in [5.74, 6) is 0.830. The minimum absolute atomic E-state index is 0.0700. The first-order valence-electron chi connectivity index (χ1n) is 6.37. The highest BCUT2D eigenvalue weighted by Crippen LogP contribution is 2.21. The molecule has 0 amide bonds. The van der Waals surface area contributed by atoms with Crippen LogP contribution in [0.5, 0.6) is 0 Å². The van der Waals surface area contributed by atoms with Crippen molar-refractivity contribution in [2.45, 2.75) is 6.54 Å². The van der Waals surface area contributed by atoms with Gasteiger partial charge >= 0.3 is 0 Å². The largest absolute Gasteiger partial charge is 0.461 e. The Morgan fingerprint density at radius 3 is 2.87 bits per heavy atom. The van der Waals surface area contributed by atoms with Crippen LogP contribution in [-0.2, 0) is 6.54 Å². The molecule has 0 aliphatic rings. The molecular formula is C14H8N4O5. The van der Waals surface area contributed by atoms with Crippen molar-refractivity contribution in [2.24, 2.45) is 0 Å². The highest BCUT2D eigenvalue weighted by molar-refractivity contribution is 5.49. The second-order valence-electron chi connectivity index (χ2n) is 4.57. The third-order valence-electron chi connectivity index (χ3n) is 3.06. The van der Waals surface area contributed by atoms with Crippen molar-refractivity contribution in [3.8, 4) is 17.6 Å². The van der Waals surface area contributed by atoms with Crippen molar-refractivity contribution in [3.63, 3.8) is 0 Å². The Morgan fingerprint density at radius 1 is 1.39 bits per heavy atom. The highest BCUT2D eigenvalue weighted by Gasteiger charge is 2.16. The maximum Gasteiger partial charge on any atom is 0.287 e. The van der Waals surface area contributed by atoms with Gasteiger partial charge in [0.05, 0.1) is 23.9 Å². The highest BCUT2D eigenvalue weighted by atomic mass is 16.6. The molecule has 9 nitrogen and oxygen atoms in total. The lowest BCUT2D eigenvalue weighted by Crippen LogP contribution is -2.23. The SMILES string of the molecule is N#Cc1cc([N+](=O)[O-])cn(Cc2cc(-c3ccco3)on2)c1=O. The van der Waals surface area contributed by atoms with Crippen molar-refractivity contribution in [2.75, 3.05) is 0 Å². The smallest absolute Gasteiger partial charge is 0.287 e. The Kier molecular flexibility index (Phi) is 3.48. The zero-order chi connectivity index (χ0) is 16.4. The van der Waals surface area contributed by atoms with Crippen LogP contribution in [0.15, 0.2) is 50.5 Å². The van der Waals surface area contributed by atoms with Gasteiger partial charge in [-0.25, -0.2) is 0 Å². The molecule has 3 rings (SSSR count). The minimum Gasteiger partial charge on any atom is -0.461 e. The van der Waals surface area contributed by atoms with Crippen LogP contribution in [0.2, 0.25) is 0 Å². The van der Waals surface area contributed by atoms with Crippen molar-refractivity contribution in [3.05, 3.63) is 68.5 Å². The number of hydrogen-bond donors (Lipinski definition) is 0. The predicted octanol–water partition coefficient (Wildman–Crippen LogP) is 1.92. The molecule has 0 unspecified atom stereocenters. The second-order valence-corrected chi connectivity index (χ2v) is 4.57. The minimum atomic E-state index is -0.673. The molecule has 0 bridgehead atoms. The number of nitro groups is 1. The van der Waals surface area contributed by atoms with Gasteiger partial charge in [-0.2, -0.15) is 5.26 Å². The summed E-state index contributed by atoms with van der Waals surface area (Å²) >= 11 is 0. The van der Waals surface area contributed by atoms with Crippen molar-refractivity contribution < 1.29 is 13.9 Å². The molecule has 3 aromatic heterocycles. The Hall–Kier alpha value is -3.67. The Bertz CT molecular complexity index is 962. The lowest BCUT2D eigenvalue weighted by Gasteiger charge is -2.03. The standard InChI is InChI=1S/C14H8N4O5/c15-6-9-4-11(18(20)21)8-17(14(9)19)7-10-5-13(23-16-10)12-2-1-3-22-12/h1-5,8H,7H2. The van der Waals surface area contributed by atoms with Gasteiger partial charge < -0.3 is 13.5 Å². The summed E-state index contributed by atoms with van der Waals surface area (Å²) in [6, 6.07) is 7.50. The summed E-state index contributed by atoms with van der Waals surface area (Å²) in [6.45, 7) is -0.0700. The van der Waals surface area contributed by atoms with Gasteiger partial charge in [-0.3, -0.25) is 14.9 Å². The lowest BCUT2D eigenvalue weighted by molar-refractivity contribution is -0.385. The molecule has 23 heavy (non-hydrogen) atoms. The molecule has 3 heterocycles. The first kappa shape index (κ1) is 14.3. The summed E-state index contributed by atoms with van der Waals surface area (Å²) in [5, 5.41) is 23.6. The average Bonchev–Trinajstić information content (AvgIpc) is 3.20. The van der Waals surface area contributed by atoms with E-state index in [9.17, 15) is 14.9 Å². The van der Waals surface area contributed by atoms with E-state index in [1.807, 2.05) is 0 Å². The molecule has 0 N–H and O–H groups in total. The van der Waals surface area contributed by atoms with Crippen molar-refractivity contribution in [1.29, 1.82) is 5.26 Å². The molecule has 114 valence electrons. The van der Waals surface area contributed by atoms with Crippen molar-refractivity contribution >= 4 is 5.69 Å². The molecule has 0 saturated carbocycles. The van der Waals surface area contributed by atoms with Gasteiger partial charge in [-0.1, -0.05) is 5.16 Å². The van der Waals surface area contributed by atoms with Crippen LogP contribution in [0.3, 0.4) is 0 Å². The van der Waals surface area contributed by atoms with Crippen LogP contribution in [0, 0.1) is 21.4 Å². The Labute approximate surface area is 128 Å². The number of nitriles is 1. The van der Waals surface area contributed by atoms with Crippen LogP contribution in [0.1, 0.15) is 11.3 Å². The monoisotopic (exact) mass is 312 g/mol. The van der Waals surface area contributed by atoms with Crippen LogP contribution in [-0.4, -0.2) is 14.6 Å². The topological polar surface area (TPSA) is 128 Å². The molecule has 0 aliphatic carbocycles. The summed E-state index contributed by atoms with van der Waals surface area (Å²) in [4.78, 5) is 22.3. The summed E-state index contributed by atoms with van der Waals surface area (Å²) in [7, 11) is 0. The van der Waals surface area contributed by atoms with E-state index < -0.39 is 10.5 Å². The number of nitrogens with zero attached hydrogens (tertiary/aromatic N) is 4. The van der Waals surface area contributed by atoms with E-state index in [2.05, 4.69) is 5.16 Å². The Morgan fingerprint density at radius 2 is 2.22 bits per heavy atom. The van der Waals surface area contributed by atoms with Crippen LogP contribution in [0.4, 0.5) is 5.69 Å². The molecule has 0 radical (unpaired) electrons. The number of rotatable bonds is 4. The van der Waals surface area contributed by atoms with E-state index in [-0.39, 0.29) is 17.8 Å². The molecule has 0 atom stereocenters. The van der Waals surface area contributed by atoms with Gasteiger partial charge in [0, 0.05) is 12.1 Å². The molecule has 0 aliphatic heterocycles. The molecular weight excluding hydrogens is 304 g/mol. The summed E-state index contributed by atoms with van der Waals surface area (Å²) in [6.07, 6.45) is 2.53. The van der Waals surface area contributed by atoms with E-state index in [1.54, 1.807) is 24.3 Å². The first-order chi connectivity index (χ1) is 11.1. The average molecular weight is 312 g/mol. The van der Waals surface area contributed by atoms with Gasteiger partial charge in [-0.05, 0) is 12.1 Å². The molecule has 0 saturated heterocycles. The first-order valence-corrected chi connectivity index (χ1v) is 6.37. The number of aromatic nitrogens is 2. The van der Waals surface area contributed by atoms with Gasteiger partial charge in [0.1, 0.15) is 17.3 Å². The van der Waals surface area contributed by atoms with E-state index in [1.165, 1.54) is 6.26 Å². The second kappa shape index (κ2) is 5.61. The lowest BCUT2D eigenvalue weighted by atomic mass is 10.2. The predicted molar refractivity (Wildman–Crippen MR) is 75.4 cm³/mol. The normalized spacial score (nSPS) is 10.4. The van der Waals surface area contributed by atoms with Crippen LogP contribution >= 0.6 is 0 Å². The fourth-order valence-electron chi connectivity index (χ4n) is 2.01. The van der Waals surface area contributed by atoms with Crippen molar-refractivity contribution in [1.82, 2.24) is 9.72 Å². The molecule has 0 fully saturated rings. The summed E-state index contributed by atoms with van der Waals surface area (Å²) in [5.41, 5.74) is -0.937.